The van der Waals surface area contributed by atoms with Crippen LogP contribution >= 0.6 is 0 Å². The minimum absolute atomic E-state index is 0.741. The predicted molar refractivity (Wildman–Crippen MR) is 647 cm³/mol. The van der Waals surface area contributed by atoms with Crippen molar-refractivity contribution in [2.45, 2.75) is 435 Å². The molecule has 9 aromatic carbocycles. The van der Waals surface area contributed by atoms with E-state index in [4.69, 9.17) is 33.2 Å². The molecule has 0 heterocycles. The number of hydrogen-bond donors (Lipinski definition) is 0. The van der Waals surface area contributed by atoms with Crippen LogP contribution in [0.4, 0.5) is 0 Å². The maximum absolute atomic E-state index is 6.40. The van der Waals surface area contributed by atoms with Crippen molar-refractivity contribution in [2.24, 2.45) is 0 Å². The normalized spacial score (nSPS) is 11.5. The summed E-state index contributed by atoms with van der Waals surface area (Å²) in [4.78, 5) is 0. The molecule has 0 aliphatic heterocycles. The van der Waals surface area contributed by atoms with E-state index >= 15 is 0 Å². The lowest BCUT2D eigenvalue weighted by molar-refractivity contribution is 0.258. The summed E-state index contributed by atoms with van der Waals surface area (Å²) < 4.78 is 43.2. The van der Waals surface area contributed by atoms with Crippen LogP contribution in [-0.4, -0.2) is 46.2 Å². The predicted octanol–water partition coefficient (Wildman–Crippen LogP) is 44.1. The molecular formula is C140H202O7. The Morgan fingerprint density at radius 3 is 0.463 bits per heavy atom. The van der Waals surface area contributed by atoms with Crippen LogP contribution in [-0.2, 0) is 0 Å². The smallest absolute Gasteiger partial charge is 0.161 e. The molecule has 0 unspecified atom stereocenters. The number of rotatable bonds is 84. The fourth-order valence-electron chi connectivity index (χ4n) is 18.2. The van der Waals surface area contributed by atoms with Crippen LogP contribution in [0.15, 0.2) is 200 Å². The molecule has 0 aliphatic rings. The van der Waals surface area contributed by atoms with Gasteiger partial charge in [-0.1, -0.05) is 588 Å². The molecule has 147 heavy (non-hydrogen) atoms. The zero-order valence-electron chi connectivity index (χ0n) is 94.3. The molecule has 0 saturated heterocycles. The molecule has 0 aliphatic carbocycles. The summed E-state index contributed by atoms with van der Waals surface area (Å²) >= 11 is 0. The second-order valence-corrected chi connectivity index (χ2v) is 41.4. The largest absolute Gasteiger partial charge is 0.494 e. The highest BCUT2D eigenvalue weighted by molar-refractivity contribution is 5.77. The van der Waals surface area contributed by atoms with Gasteiger partial charge in [0.05, 0.1) is 46.2 Å². The van der Waals surface area contributed by atoms with Gasteiger partial charge in [-0.15, -0.1) is 0 Å². The maximum Gasteiger partial charge on any atom is 0.161 e. The summed E-state index contributed by atoms with van der Waals surface area (Å²) in [5, 5.41) is 0. The number of benzene rings is 9. The third-order valence-electron chi connectivity index (χ3n) is 28.0. The Labute approximate surface area is 899 Å². The van der Waals surface area contributed by atoms with Gasteiger partial charge in [-0.25, -0.2) is 0 Å². The first kappa shape index (κ1) is 124. The van der Waals surface area contributed by atoms with Gasteiger partial charge in [-0.05, 0) is 197 Å². The van der Waals surface area contributed by atoms with Crippen LogP contribution in [0.5, 0.6) is 40.2 Å². The number of hydrogen-bond acceptors (Lipinski definition) is 7. The van der Waals surface area contributed by atoms with Crippen LogP contribution < -0.4 is 33.2 Å². The molecule has 9 aromatic rings. The van der Waals surface area contributed by atoms with Gasteiger partial charge in [0.15, 0.2) is 23.0 Å². The Kier molecular flexibility index (Phi) is 72.3. The van der Waals surface area contributed by atoms with Crippen molar-refractivity contribution in [3.8, 4) is 40.2 Å². The van der Waals surface area contributed by atoms with Crippen LogP contribution in [0, 0.1) is 13.8 Å². The molecule has 804 valence electrons. The van der Waals surface area contributed by atoms with Crippen LogP contribution in [0.25, 0.3) is 72.9 Å². The molecule has 0 aromatic heterocycles. The van der Waals surface area contributed by atoms with Crippen molar-refractivity contribution in [1.82, 2.24) is 0 Å². The molecule has 0 N–H and O–H groups in total. The lowest BCUT2D eigenvalue weighted by Gasteiger charge is -2.14. The van der Waals surface area contributed by atoms with E-state index in [9.17, 15) is 0 Å². The Morgan fingerprint density at radius 2 is 0.272 bits per heavy atom. The first-order chi connectivity index (χ1) is 72.6. The molecule has 0 radical (unpaired) electrons. The van der Waals surface area contributed by atoms with Crippen molar-refractivity contribution in [1.29, 1.82) is 0 Å². The van der Waals surface area contributed by atoms with E-state index in [-0.39, 0.29) is 0 Å². The summed E-state index contributed by atoms with van der Waals surface area (Å²) in [6.45, 7) is 25.7. The minimum Gasteiger partial charge on any atom is -0.494 e. The fourth-order valence-corrected chi connectivity index (χ4v) is 18.2. The third kappa shape index (κ3) is 62.3. The molecule has 0 spiro atoms. The van der Waals surface area contributed by atoms with E-state index in [0.29, 0.717) is 0 Å². The summed E-state index contributed by atoms with van der Waals surface area (Å²) in [6.07, 6.45) is 102. The summed E-state index contributed by atoms with van der Waals surface area (Å²) in [5.74, 6) is 6.37. The SMILES string of the molecule is CCCCCCCCCCCCOc1ccc(C=Cc2ccc(C=Cc3ccc(C)c(C)c3)cc2)cc1OCCCCCCCCCCCC.CCCCCCCCCCCCOc1ccc(C=Cc2ccc(C=Cc3ccc(OCCCCCCCC)cc3)cc2)cc1OCCCCCCCCCCCC.CCCCCCCCOc1ccc(C=Cc2ccc(C=Cc3ccc(OCCCCCCCC)cc3)cc2)cc1. The van der Waals surface area contributed by atoms with Gasteiger partial charge in [0.25, 0.3) is 0 Å². The Hall–Kier alpha value is -9.98. The van der Waals surface area contributed by atoms with E-state index in [0.717, 1.165) is 143 Å². The lowest BCUT2D eigenvalue weighted by Crippen LogP contribution is -2.03. The van der Waals surface area contributed by atoms with Gasteiger partial charge in [0.2, 0.25) is 0 Å². The molecule has 0 atom stereocenters. The summed E-state index contributed by atoms with van der Waals surface area (Å²) in [6, 6.07) is 70.7. The topological polar surface area (TPSA) is 64.6 Å². The maximum atomic E-state index is 6.40. The molecule has 9 rings (SSSR count). The average molecular weight is 2000 g/mol. The average Bonchev–Trinajstić information content (AvgIpc) is 0.855. The zero-order chi connectivity index (χ0) is 104. The number of aryl methyl sites for hydroxylation is 2. The Bertz CT molecular complexity index is 4740. The highest BCUT2D eigenvalue weighted by Gasteiger charge is 2.12. The first-order valence-corrected chi connectivity index (χ1v) is 60.0. The second-order valence-electron chi connectivity index (χ2n) is 41.4. The molecule has 0 saturated carbocycles. The fraction of sp³-hybridized carbons (Fsp3) is 0.529. The highest BCUT2D eigenvalue weighted by atomic mass is 16.5. The van der Waals surface area contributed by atoms with Gasteiger partial charge < -0.3 is 33.2 Å². The van der Waals surface area contributed by atoms with Gasteiger partial charge in [-0.2, -0.15) is 0 Å². The lowest BCUT2D eigenvalue weighted by atomic mass is 10.0. The monoisotopic (exact) mass is 2000 g/mol. The Balaban J connectivity index is 0.000000303. The summed E-state index contributed by atoms with van der Waals surface area (Å²) in [7, 11) is 0. The van der Waals surface area contributed by atoms with Gasteiger partial charge >= 0.3 is 0 Å². The second kappa shape index (κ2) is 85.8. The molecular weight excluding hydrogens is 1790 g/mol. The van der Waals surface area contributed by atoms with Crippen LogP contribution in [0.1, 0.15) is 499 Å². The number of unbranched alkanes of at least 4 members (excludes halogenated alkanes) is 51. The van der Waals surface area contributed by atoms with Gasteiger partial charge in [-0.3, -0.25) is 0 Å². The highest BCUT2D eigenvalue weighted by Crippen LogP contribution is 2.34. The third-order valence-corrected chi connectivity index (χ3v) is 28.0. The quantitative estimate of drug-likeness (QED) is 0.0278. The van der Waals surface area contributed by atoms with E-state index in [1.54, 1.807) is 0 Å². The molecule has 7 heteroatoms. The van der Waals surface area contributed by atoms with Crippen molar-refractivity contribution in [3.63, 3.8) is 0 Å². The van der Waals surface area contributed by atoms with Crippen LogP contribution in [0.3, 0.4) is 0 Å². The van der Waals surface area contributed by atoms with Crippen molar-refractivity contribution >= 4 is 72.9 Å². The standard InChI is InChI=1S/C54H82O3.C48H70O2.C38H50O2/c1-4-7-10-13-16-18-20-22-25-28-45-56-53-43-40-51(47-54(53)57-46-29-26-23-21-19-17-14-11-8-5-2)37-36-49-32-30-48(31-33-49)34-35-50-38-41-52(42-39-50)55-44-27-24-15-12-9-6-3;1-5-7-9-11-13-15-17-19-21-23-37-49-47-36-35-46(40-48(47)50-38-24-22-20-18-16-14-12-10-8-6-2)34-32-44-29-27-43(28-30-44)31-33-45-26-25-41(3)42(4)39-45;1-3-5-7-9-11-13-31-39-37-27-23-35(24-28-37)21-19-33-15-17-34(18-16-33)20-22-36-25-29-38(30-26-36)40-32-14-12-10-8-6-4-2/h30-43,47H,4-29,44-46H2,1-3H3;25-36,39-40H,5-24,37-38H2,1-4H3;15-30H,3-14,31-32H2,1-2H3. The van der Waals surface area contributed by atoms with E-state index in [2.05, 4.69) is 335 Å². The van der Waals surface area contributed by atoms with Crippen molar-refractivity contribution in [2.75, 3.05) is 46.2 Å². The summed E-state index contributed by atoms with van der Waals surface area (Å²) in [5.41, 5.74) is 16.8. The van der Waals surface area contributed by atoms with Crippen LogP contribution in [0.2, 0.25) is 0 Å². The van der Waals surface area contributed by atoms with Crippen molar-refractivity contribution in [3.05, 3.63) is 278 Å². The number of ether oxygens (including phenoxy) is 7. The Morgan fingerprint density at radius 1 is 0.129 bits per heavy atom. The van der Waals surface area contributed by atoms with E-state index < -0.39 is 0 Å². The zero-order valence-corrected chi connectivity index (χ0v) is 94.3. The van der Waals surface area contributed by atoms with Gasteiger partial charge in [0, 0.05) is 0 Å². The van der Waals surface area contributed by atoms with E-state index in [1.165, 1.54) is 394 Å². The van der Waals surface area contributed by atoms with Gasteiger partial charge in [0.1, 0.15) is 17.2 Å². The molecule has 0 bridgehead atoms. The molecule has 0 amide bonds. The van der Waals surface area contributed by atoms with E-state index in [1.807, 2.05) is 0 Å². The minimum atomic E-state index is 0.741. The van der Waals surface area contributed by atoms with Crippen molar-refractivity contribution < 1.29 is 33.2 Å². The molecule has 7 nitrogen and oxygen atoms in total. The first-order valence-electron chi connectivity index (χ1n) is 60.0. The molecule has 0 fully saturated rings.